The fourth-order valence-electron chi connectivity index (χ4n) is 2.51. The van der Waals surface area contributed by atoms with Gasteiger partial charge < -0.3 is 4.74 Å². The van der Waals surface area contributed by atoms with Gasteiger partial charge in [-0.2, -0.15) is 5.10 Å². The van der Waals surface area contributed by atoms with Gasteiger partial charge in [-0.3, -0.25) is 9.48 Å². The molecule has 0 amide bonds. The molecule has 24 heavy (non-hydrogen) atoms. The van der Waals surface area contributed by atoms with Crippen LogP contribution < -0.4 is 0 Å². The largest absolute Gasteiger partial charge is 0.488 e. The number of aldehydes is 1. The smallest absolute Gasteiger partial charge is 0.149 e. The van der Waals surface area contributed by atoms with Crippen LogP contribution >= 0.6 is 0 Å². The van der Waals surface area contributed by atoms with Gasteiger partial charge in [0.15, 0.2) is 0 Å². The molecule has 0 saturated heterocycles. The normalized spacial score (nSPS) is 16.1. The van der Waals surface area contributed by atoms with E-state index in [0.29, 0.717) is 29.7 Å². The Bertz CT molecular complexity index is 872. The van der Waals surface area contributed by atoms with E-state index in [-0.39, 0.29) is 17.4 Å². The number of hydrogen-bond donors (Lipinski definition) is 0. The predicted octanol–water partition coefficient (Wildman–Crippen LogP) is 3.24. The van der Waals surface area contributed by atoms with Gasteiger partial charge in [0.25, 0.3) is 0 Å². The van der Waals surface area contributed by atoms with Crippen molar-refractivity contribution in [2.45, 2.75) is 39.3 Å². The molecule has 0 N–H and O–H groups in total. The van der Waals surface area contributed by atoms with Crippen molar-refractivity contribution in [1.29, 1.82) is 0 Å². The Morgan fingerprint density at radius 3 is 3.17 bits per heavy atom. The fourth-order valence-corrected chi connectivity index (χ4v) is 2.51. The number of hydrogen-bond acceptors (Lipinski definition) is 5. The Kier molecular flexibility index (Phi) is 4.10. The first-order valence-electron chi connectivity index (χ1n) is 8.82. The summed E-state index contributed by atoms with van der Waals surface area (Å²) in [6.07, 6.45) is 9.87. The number of aromatic nitrogens is 4. The molecule has 0 spiro atoms. The van der Waals surface area contributed by atoms with E-state index >= 15 is 0 Å². The Morgan fingerprint density at radius 1 is 1.50 bits per heavy atom. The maximum Gasteiger partial charge on any atom is 0.149 e. The summed E-state index contributed by atoms with van der Waals surface area (Å²) in [5.74, 6) is 0.239. The third-order valence-electron chi connectivity index (χ3n) is 3.69. The molecule has 0 aliphatic heterocycles. The number of allylic oxidation sites excluding steroid dienone is 3. The molecule has 0 atom stereocenters. The maximum atomic E-state index is 11.2. The lowest BCUT2D eigenvalue weighted by Crippen LogP contribution is -2.08. The van der Waals surface area contributed by atoms with E-state index in [1.807, 2.05) is 19.9 Å². The number of carbonyl (C=O) groups excluding carboxylic acids is 1. The molecule has 6 nitrogen and oxygen atoms in total. The quantitative estimate of drug-likeness (QED) is 0.762. The Balaban J connectivity index is 2.04. The number of ether oxygens (including phenoxy) is 1. The highest BCUT2D eigenvalue weighted by molar-refractivity contribution is 5.75. The maximum absolute atomic E-state index is 11.2. The third-order valence-corrected chi connectivity index (χ3v) is 3.69. The van der Waals surface area contributed by atoms with Gasteiger partial charge >= 0.3 is 0 Å². The van der Waals surface area contributed by atoms with Gasteiger partial charge in [0.05, 0.1) is 14.1 Å². The molecule has 0 fully saturated rings. The molecule has 0 bridgehead atoms. The molecule has 2 aromatic heterocycles. The van der Waals surface area contributed by atoms with Crippen LogP contribution in [0.1, 0.15) is 41.0 Å². The Hall–Kier alpha value is -2.76. The van der Waals surface area contributed by atoms with Crippen molar-refractivity contribution < 1.29 is 12.3 Å². The highest BCUT2D eigenvalue weighted by atomic mass is 16.5. The monoisotopic (exact) mass is 326 g/mol. The zero-order valence-electron chi connectivity index (χ0n) is 15.6. The van der Waals surface area contributed by atoms with Crippen LogP contribution in [0.25, 0.3) is 11.4 Å². The molecular formula is C18H20N4O2. The SMILES string of the molecule is [2H]C([2H])(OC1=C(C=O)CCC=C1)c1cncnc1-c1ccnn1C(C)C. The van der Waals surface area contributed by atoms with E-state index in [4.69, 9.17) is 7.48 Å². The highest BCUT2D eigenvalue weighted by Crippen LogP contribution is 2.25. The van der Waals surface area contributed by atoms with Crippen LogP contribution in [0, 0.1) is 0 Å². The molecule has 3 rings (SSSR count). The molecule has 1 aliphatic rings. The molecule has 2 heterocycles. The third kappa shape index (κ3) is 3.27. The van der Waals surface area contributed by atoms with Crippen LogP contribution in [0.4, 0.5) is 0 Å². The summed E-state index contributed by atoms with van der Waals surface area (Å²) < 4.78 is 24.2. The van der Waals surface area contributed by atoms with Gasteiger partial charge in [-0.1, -0.05) is 6.08 Å². The second kappa shape index (κ2) is 7.21. The van der Waals surface area contributed by atoms with Crippen molar-refractivity contribution in [3.63, 3.8) is 0 Å². The average molecular weight is 326 g/mol. The Morgan fingerprint density at radius 2 is 2.38 bits per heavy atom. The van der Waals surface area contributed by atoms with Crippen molar-refractivity contribution in [3.8, 4) is 11.4 Å². The summed E-state index contributed by atoms with van der Waals surface area (Å²) in [6.45, 7) is 1.75. The van der Waals surface area contributed by atoms with E-state index in [2.05, 4.69) is 15.1 Å². The summed E-state index contributed by atoms with van der Waals surface area (Å²) in [5, 5.41) is 4.28. The summed E-state index contributed by atoms with van der Waals surface area (Å²) in [7, 11) is 0. The topological polar surface area (TPSA) is 69.9 Å². The minimum Gasteiger partial charge on any atom is -0.488 e. The van der Waals surface area contributed by atoms with Crippen LogP contribution in [0.3, 0.4) is 0 Å². The molecule has 2 aromatic rings. The summed E-state index contributed by atoms with van der Waals surface area (Å²) >= 11 is 0. The van der Waals surface area contributed by atoms with Crippen molar-refractivity contribution in [2.75, 3.05) is 0 Å². The molecule has 1 aliphatic carbocycles. The molecule has 0 aromatic carbocycles. The zero-order chi connectivity index (χ0) is 18.7. The van der Waals surface area contributed by atoms with E-state index in [9.17, 15) is 4.79 Å². The summed E-state index contributed by atoms with van der Waals surface area (Å²) in [6, 6.07) is 1.86. The van der Waals surface area contributed by atoms with Crippen LogP contribution in [-0.4, -0.2) is 26.0 Å². The highest BCUT2D eigenvalue weighted by Gasteiger charge is 2.15. The summed E-state index contributed by atoms with van der Waals surface area (Å²) in [4.78, 5) is 19.5. The first kappa shape index (κ1) is 13.7. The molecule has 0 unspecified atom stereocenters. The van der Waals surface area contributed by atoms with Gasteiger partial charge in [-0.05, 0) is 38.8 Å². The molecule has 6 heteroatoms. The lowest BCUT2D eigenvalue weighted by atomic mass is 10.1. The molecule has 0 saturated carbocycles. The van der Waals surface area contributed by atoms with Crippen LogP contribution in [0.15, 0.2) is 48.3 Å². The Labute approximate surface area is 143 Å². The zero-order valence-corrected chi connectivity index (χ0v) is 13.6. The molecular weight excluding hydrogens is 304 g/mol. The van der Waals surface area contributed by atoms with Gasteiger partial charge in [-0.25, -0.2) is 9.97 Å². The molecule has 0 radical (unpaired) electrons. The lowest BCUT2D eigenvalue weighted by molar-refractivity contribution is -0.105. The van der Waals surface area contributed by atoms with Gasteiger partial charge in [0.1, 0.15) is 24.9 Å². The van der Waals surface area contributed by atoms with E-state index in [1.54, 1.807) is 23.0 Å². The number of nitrogens with zero attached hydrogens (tertiary/aromatic N) is 4. The summed E-state index contributed by atoms with van der Waals surface area (Å²) in [5.41, 5.74) is 1.71. The number of carbonyl (C=O) groups is 1. The van der Waals surface area contributed by atoms with Crippen molar-refractivity contribution in [1.82, 2.24) is 19.7 Å². The second-order valence-corrected chi connectivity index (χ2v) is 5.69. The fraction of sp³-hybridized carbons (Fsp3) is 0.333. The van der Waals surface area contributed by atoms with Crippen LogP contribution in [-0.2, 0) is 16.1 Å². The second-order valence-electron chi connectivity index (χ2n) is 5.69. The van der Waals surface area contributed by atoms with E-state index < -0.39 is 6.56 Å². The standard InChI is InChI=1S/C18H20N4O2/c1-13(2)22-16(7-8-21-22)18-15(9-19-12-20-18)11-24-17-6-4-3-5-14(17)10-23/h4,6-10,12-13H,3,5,11H2,1-2H3/i11D2. The van der Waals surface area contributed by atoms with Crippen molar-refractivity contribution >= 4 is 6.29 Å². The van der Waals surface area contributed by atoms with Gasteiger partial charge in [-0.15, -0.1) is 0 Å². The van der Waals surface area contributed by atoms with Crippen molar-refractivity contribution in [3.05, 3.63) is 53.8 Å². The van der Waals surface area contributed by atoms with Crippen LogP contribution in [0.2, 0.25) is 0 Å². The molecule has 124 valence electrons. The first-order valence-corrected chi connectivity index (χ1v) is 7.82. The lowest BCUT2D eigenvalue weighted by Gasteiger charge is -2.16. The van der Waals surface area contributed by atoms with E-state index in [0.717, 1.165) is 6.42 Å². The minimum atomic E-state index is -2.21. The van der Waals surface area contributed by atoms with Crippen LogP contribution in [0.5, 0.6) is 0 Å². The van der Waals surface area contributed by atoms with Gasteiger partial charge in [0.2, 0.25) is 0 Å². The van der Waals surface area contributed by atoms with Crippen molar-refractivity contribution in [2.24, 2.45) is 0 Å². The van der Waals surface area contributed by atoms with Gasteiger partial charge in [0, 0.05) is 29.6 Å². The average Bonchev–Trinajstić information content (AvgIpc) is 3.12. The number of rotatable bonds is 6. The minimum absolute atomic E-state index is 0.0836. The van der Waals surface area contributed by atoms with E-state index in [1.165, 1.54) is 12.5 Å². The first-order chi connectivity index (χ1) is 12.4. The predicted molar refractivity (Wildman–Crippen MR) is 89.9 cm³/mol.